The Morgan fingerprint density at radius 3 is 0.857 bits per heavy atom. The van der Waals surface area contributed by atoms with Gasteiger partial charge in [-0.3, -0.25) is 9.59 Å². The van der Waals surface area contributed by atoms with E-state index >= 15 is 0 Å². The molecule has 1 aliphatic rings. The molecule has 0 radical (unpaired) electrons. The molecule has 0 spiro atoms. The molecule has 136 valence electrons. The summed E-state index contributed by atoms with van der Waals surface area (Å²) in [5, 5.41) is 4.15. The minimum atomic E-state index is -0.0600. The number of carbonyl (C=O) groups excluding carboxylic acids is 2. The molecule has 0 fully saturated rings. The Hall–Kier alpha value is -3.26. The Balaban J connectivity index is 1.86. The molecular weight excluding hydrogens is 344 g/mol. The van der Waals surface area contributed by atoms with Gasteiger partial charge in [-0.15, -0.1) is 0 Å². The molecule has 4 aromatic rings. The number of benzene rings is 4. The number of fused-ring (bicyclic) bond motifs is 4. The quantitative estimate of drug-likeness (QED) is 0.338. The zero-order chi connectivity index (χ0) is 19.7. The molecule has 4 aromatic carbocycles. The molecular formula is C26H20O2. The molecule has 0 heterocycles. The van der Waals surface area contributed by atoms with E-state index < -0.39 is 0 Å². The maximum atomic E-state index is 13.4. The van der Waals surface area contributed by atoms with E-state index in [0.717, 1.165) is 43.8 Å². The SMILES string of the molecule is Cc1ccc(C)c2cc3c(cc12)C(=O)c1cc2c(C)ccc(C)c2cc1C3=O. The average molecular weight is 364 g/mol. The van der Waals surface area contributed by atoms with Crippen molar-refractivity contribution in [3.8, 4) is 0 Å². The van der Waals surface area contributed by atoms with Gasteiger partial charge < -0.3 is 0 Å². The summed E-state index contributed by atoms with van der Waals surface area (Å²) in [5.41, 5.74) is 6.51. The van der Waals surface area contributed by atoms with Gasteiger partial charge in [0.1, 0.15) is 0 Å². The van der Waals surface area contributed by atoms with Gasteiger partial charge in [-0.25, -0.2) is 0 Å². The van der Waals surface area contributed by atoms with Crippen molar-refractivity contribution in [2.24, 2.45) is 0 Å². The lowest BCUT2D eigenvalue weighted by atomic mass is 9.80. The summed E-state index contributed by atoms with van der Waals surface area (Å²) in [7, 11) is 0. The molecule has 2 nitrogen and oxygen atoms in total. The smallest absolute Gasteiger partial charge is 0.194 e. The van der Waals surface area contributed by atoms with Gasteiger partial charge in [-0.1, -0.05) is 24.3 Å². The third-order valence-corrected chi connectivity index (χ3v) is 6.16. The Morgan fingerprint density at radius 1 is 0.429 bits per heavy atom. The normalized spacial score (nSPS) is 13.1. The van der Waals surface area contributed by atoms with Crippen molar-refractivity contribution in [3.63, 3.8) is 0 Å². The number of hydrogen-bond donors (Lipinski definition) is 0. The molecule has 0 amide bonds. The summed E-state index contributed by atoms with van der Waals surface area (Å²) < 4.78 is 0. The fourth-order valence-corrected chi connectivity index (χ4v) is 4.41. The van der Waals surface area contributed by atoms with Gasteiger partial charge in [0.2, 0.25) is 0 Å². The van der Waals surface area contributed by atoms with Crippen LogP contribution in [0.3, 0.4) is 0 Å². The molecule has 0 saturated heterocycles. The second-order valence-corrected chi connectivity index (χ2v) is 7.94. The van der Waals surface area contributed by atoms with E-state index in [1.807, 2.05) is 52.0 Å². The largest absolute Gasteiger partial charge is 0.289 e. The third kappa shape index (κ3) is 2.15. The number of hydrogen-bond acceptors (Lipinski definition) is 2. The lowest BCUT2D eigenvalue weighted by Gasteiger charge is -2.21. The zero-order valence-electron chi connectivity index (χ0n) is 16.4. The van der Waals surface area contributed by atoms with Crippen molar-refractivity contribution < 1.29 is 9.59 Å². The molecule has 0 aromatic heterocycles. The molecule has 0 atom stereocenters. The van der Waals surface area contributed by atoms with E-state index in [0.29, 0.717) is 22.3 Å². The molecule has 5 rings (SSSR count). The van der Waals surface area contributed by atoms with Gasteiger partial charge in [0.25, 0.3) is 0 Å². The maximum Gasteiger partial charge on any atom is 0.194 e. The Labute approximate surface area is 163 Å². The predicted octanol–water partition coefficient (Wildman–Crippen LogP) is 6.00. The summed E-state index contributed by atoms with van der Waals surface area (Å²) >= 11 is 0. The average Bonchev–Trinajstić information content (AvgIpc) is 2.70. The van der Waals surface area contributed by atoms with Gasteiger partial charge in [0.15, 0.2) is 11.6 Å². The van der Waals surface area contributed by atoms with Crippen molar-refractivity contribution >= 4 is 33.1 Å². The van der Waals surface area contributed by atoms with Crippen LogP contribution in [-0.2, 0) is 0 Å². The number of aryl methyl sites for hydroxylation is 4. The van der Waals surface area contributed by atoms with Crippen LogP contribution in [0.25, 0.3) is 21.5 Å². The monoisotopic (exact) mass is 364 g/mol. The van der Waals surface area contributed by atoms with Crippen LogP contribution in [0.5, 0.6) is 0 Å². The van der Waals surface area contributed by atoms with E-state index in [4.69, 9.17) is 0 Å². The third-order valence-electron chi connectivity index (χ3n) is 6.16. The van der Waals surface area contributed by atoms with Gasteiger partial charge in [-0.2, -0.15) is 0 Å². The molecule has 0 aliphatic heterocycles. The Kier molecular flexibility index (Phi) is 3.39. The van der Waals surface area contributed by atoms with Crippen molar-refractivity contribution in [2.45, 2.75) is 27.7 Å². The minimum absolute atomic E-state index is 0.0600. The second kappa shape index (κ2) is 5.62. The zero-order valence-corrected chi connectivity index (χ0v) is 16.4. The molecule has 28 heavy (non-hydrogen) atoms. The fourth-order valence-electron chi connectivity index (χ4n) is 4.41. The van der Waals surface area contributed by atoms with Gasteiger partial charge in [0, 0.05) is 22.3 Å². The van der Waals surface area contributed by atoms with Crippen LogP contribution in [0.15, 0.2) is 48.5 Å². The van der Waals surface area contributed by atoms with E-state index in [-0.39, 0.29) is 11.6 Å². The van der Waals surface area contributed by atoms with Gasteiger partial charge in [0.05, 0.1) is 0 Å². The summed E-state index contributed by atoms with van der Waals surface area (Å²) in [4.78, 5) is 26.8. The standard InChI is InChI=1S/C26H20O2/c1-13-5-6-14(2)18-10-22-21(9-17(13)18)25(27)23-11-19-15(3)7-8-16(4)20(19)12-24(23)26(22)28/h5-12H,1-4H3. The van der Waals surface area contributed by atoms with E-state index in [9.17, 15) is 9.59 Å². The summed E-state index contributed by atoms with van der Waals surface area (Å²) in [6, 6.07) is 15.9. The lowest BCUT2D eigenvalue weighted by molar-refractivity contribution is 0.0979. The Bertz CT molecular complexity index is 1160. The topological polar surface area (TPSA) is 34.1 Å². The van der Waals surface area contributed by atoms with Crippen LogP contribution in [0.2, 0.25) is 0 Å². The van der Waals surface area contributed by atoms with E-state index in [2.05, 4.69) is 24.3 Å². The van der Waals surface area contributed by atoms with Crippen LogP contribution >= 0.6 is 0 Å². The second-order valence-electron chi connectivity index (χ2n) is 7.94. The molecule has 0 unspecified atom stereocenters. The number of ketones is 2. The van der Waals surface area contributed by atoms with Crippen LogP contribution < -0.4 is 0 Å². The van der Waals surface area contributed by atoms with E-state index in [1.54, 1.807) is 0 Å². The Morgan fingerprint density at radius 2 is 0.643 bits per heavy atom. The van der Waals surface area contributed by atoms with Gasteiger partial charge in [-0.05, 0) is 95.8 Å². The predicted molar refractivity (Wildman–Crippen MR) is 114 cm³/mol. The van der Waals surface area contributed by atoms with Crippen molar-refractivity contribution in [1.29, 1.82) is 0 Å². The van der Waals surface area contributed by atoms with E-state index in [1.165, 1.54) is 0 Å². The molecule has 1 aliphatic carbocycles. The minimum Gasteiger partial charge on any atom is -0.289 e. The van der Waals surface area contributed by atoms with Crippen LogP contribution in [0, 0.1) is 27.7 Å². The van der Waals surface area contributed by atoms with Crippen LogP contribution in [-0.4, -0.2) is 11.6 Å². The molecule has 0 N–H and O–H groups in total. The first-order chi connectivity index (χ1) is 13.4. The summed E-state index contributed by atoms with van der Waals surface area (Å²) in [6.07, 6.45) is 0. The number of rotatable bonds is 0. The van der Waals surface area contributed by atoms with Crippen molar-refractivity contribution in [1.82, 2.24) is 0 Å². The molecule has 0 saturated carbocycles. The fraction of sp³-hybridized carbons (Fsp3) is 0.154. The van der Waals surface area contributed by atoms with Gasteiger partial charge >= 0.3 is 0 Å². The van der Waals surface area contributed by atoms with Crippen LogP contribution in [0.1, 0.15) is 54.1 Å². The summed E-state index contributed by atoms with van der Waals surface area (Å²) in [5.74, 6) is -0.120. The van der Waals surface area contributed by atoms with Crippen LogP contribution in [0.4, 0.5) is 0 Å². The summed E-state index contributed by atoms with van der Waals surface area (Å²) in [6.45, 7) is 8.15. The highest BCUT2D eigenvalue weighted by molar-refractivity contribution is 6.30. The van der Waals surface area contributed by atoms with Crippen molar-refractivity contribution in [2.75, 3.05) is 0 Å². The first-order valence-electron chi connectivity index (χ1n) is 9.54. The maximum absolute atomic E-state index is 13.4. The highest BCUT2D eigenvalue weighted by atomic mass is 16.1. The molecule has 0 bridgehead atoms. The highest BCUT2D eigenvalue weighted by Gasteiger charge is 2.31. The first kappa shape index (κ1) is 16.9. The lowest BCUT2D eigenvalue weighted by Crippen LogP contribution is -2.21. The molecule has 2 heteroatoms. The first-order valence-corrected chi connectivity index (χ1v) is 9.54. The number of carbonyl (C=O) groups is 2. The highest BCUT2D eigenvalue weighted by Crippen LogP contribution is 2.36. The van der Waals surface area contributed by atoms with Crippen molar-refractivity contribution in [3.05, 3.63) is 93.0 Å².